The average Bonchev–Trinajstić information content (AvgIpc) is 2.65. The summed E-state index contributed by atoms with van der Waals surface area (Å²) in [5, 5.41) is 0. The molecular formula is C23H40NiO3S. The summed E-state index contributed by atoms with van der Waals surface area (Å²) in [5.74, 6) is -0.0353. The fraction of sp³-hybridized carbons (Fsp3) is 0.739. The summed E-state index contributed by atoms with van der Waals surface area (Å²) in [4.78, 5) is 0. The molecule has 1 aromatic rings. The minimum atomic E-state index is -3.45. The van der Waals surface area contributed by atoms with Crippen LogP contribution in [0.1, 0.15) is 102 Å². The van der Waals surface area contributed by atoms with Gasteiger partial charge in [0, 0.05) is 16.5 Å². The van der Waals surface area contributed by atoms with Crippen LogP contribution in [0.15, 0.2) is 30.3 Å². The molecule has 0 aliphatic heterocycles. The Labute approximate surface area is 184 Å². The zero-order valence-electron chi connectivity index (χ0n) is 17.6. The van der Waals surface area contributed by atoms with Crippen LogP contribution in [0, 0.1) is 0 Å². The summed E-state index contributed by atoms with van der Waals surface area (Å²) in [5.41, 5.74) is 0.776. The Hall–Kier alpha value is -0.376. The summed E-state index contributed by atoms with van der Waals surface area (Å²) in [6.45, 7) is 2.58. The van der Waals surface area contributed by atoms with Crippen molar-refractivity contribution in [3.8, 4) is 0 Å². The van der Waals surface area contributed by atoms with Gasteiger partial charge in [0.25, 0.3) is 10.1 Å². The summed E-state index contributed by atoms with van der Waals surface area (Å²) < 4.78 is 28.9. The van der Waals surface area contributed by atoms with E-state index < -0.39 is 10.1 Å². The van der Waals surface area contributed by atoms with Gasteiger partial charge in [-0.3, -0.25) is 4.18 Å². The maximum atomic E-state index is 11.9. The van der Waals surface area contributed by atoms with Crippen LogP contribution in [0.5, 0.6) is 0 Å². The summed E-state index contributed by atoms with van der Waals surface area (Å²) in [6.07, 6.45) is 18.1. The van der Waals surface area contributed by atoms with Gasteiger partial charge < -0.3 is 0 Å². The predicted molar refractivity (Wildman–Crippen MR) is 115 cm³/mol. The average molecular weight is 455 g/mol. The third-order valence-electron chi connectivity index (χ3n) is 4.95. The van der Waals surface area contributed by atoms with E-state index in [1.807, 2.05) is 30.3 Å². The predicted octanol–water partition coefficient (Wildman–Crippen LogP) is 7.01. The van der Waals surface area contributed by atoms with E-state index in [0.29, 0.717) is 6.61 Å². The standard InChI is InChI=1S/C23H40O3S.Ni/c1-2-3-4-5-6-7-8-9-10-11-12-13-14-18-21-26-27(24,25)22-23-19-16-15-17-20-23;/h15-17,19-20H,2-14,18,21-22H2,1H3;. The van der Waals surface area contributed by atoms with Crippen LogP contribution in [-0.4, -0.2) is 15.0 Å². The molecule has 166 valence electrons. The maximum absolute atomic E-state index is 11.9. The van der Waals surface area contributed by atoms with E-state index >= 15 is 0 Å². The molecule has 5 heteroatoms. The van der Waals surface area contributed by atoms with Gasteiger partial charge in [-0.15, -0.1) is 0 Å². The Morgan fingerprint density at radius 3 is 1.57 bits per heavy atom. The van der Waals surface area contributed by atoms with Crippen molar-refractivity contribution < 1.29 is 29.1 Å². The smallest absolute Gasteiger partial charge is 0.270 e. The molecule has 0 bridgehead atoms. The first-order valence-electron chi connectivity index (χ1n) is 11.0. The van der Waals surface area contributed by atoms with Gasteiger partial charge in [0.15, 0.2) is 0 Å². The second-order valence-corrected chi connectivity index (χ2v) is 9.25. The molecular weight excluding hydrogens is 415 g/mol. The second kappa shape index (κ2) is 18.6. The Balaban J connectivity index is 0.00000729. The molecule has 0 fully saturated rings. The first-order valence-corrected chi connectivity index (χ1v) is 12.6. The van der Waals surface area contributed by atoms with E-state index in [0.717, 1.165) is 18.4 Å². The molecule has 0 N–H and O–H groups in total. The first kappa shape index (κ1) is 27.6. The number of hydrogen-bond donors (Lipinski definition) is 0. The molecule has 28 heavy (non-hydrogen) atoms. The minimum Gasteiger partial charge on any atom is -0.270 e. The summed E-state index contributed by atoms with van der Waals surface area (Å²) in [6, 6.07) is 9.20. The van der Waals surface area contributed by atoms with Crippen molar-refractivity contribution in [1.82, 2.24) is 0 Å². The normalized spacial score (nSPS) is 11.3. The molecule has 0 atom stereocenters. The van der Waals surface area contributed by atoms with Gasteiger partial charge in [0.2, 0.25) is 0 Å². The van der Waals surface area contributed by atoms with Crippen LogP contribution in [-0.2, 0) is 36.5 Å². The number of unbranched alkanes of at least 4 members (excludes halogenated alkanes) is 13. The molecule has 0 radical (unpaired) electrons. The van der Waals surface area contributed by atoms with Gasteiger partial charge in [0.1, 0.15) is 5.75 Å². The quantitative estimate of drug-likeness (QED) is 0.136. The molecule has 1 rings (SSSR count). The van der Waals surface area contributed by atoms with Gasteiger partial charge in [-0.2, -0.15) is 8.42 Å². The van der Waals surface area contributed by atoms with Crippen LogP contribution in [0.2, 0.25) is 0 Å². The Morgan fingerprint density at radius 1 is 0.679 bits per heavy atom. The fourth-order valence-electron chi connectivity index (χ4n) is 3.30. The van der Waals surface area contributed by atoms with Gasteiger partial charge in [-0.25, -0.2) is 0 Å². The van der Waals surface area contributed by atoms with Crippen molar-refractivity contribution in [2.75, 3.05) is 6.61 Å². The van der Waals surface area contributed by atoms with Crippen molar-refractivity contribution in [1.29, 1.82) is 0 Å². The third-order valence-corrected chi connectivity index (χ3v) is 6.16. The zero-order valence-corrected chi connectivity index (χ0v) is 19.5. The van der Waals surface area contributed by atoms with Crippen molar-refractivity contribution in [3.05, 3.63) is 35.9 Å². The van der Waals surface area contributed by atoms with E-state index in [1.54, 1.807) is 0 Å². The second-order valence-electron chi connectivity index (χ2n) is 7.61. The van der Waals surface area contributed by atoms with E-state index in [2.05, 4.69) is 6.92 Å². The molecule has 0 saturated carbocycles. The molecule has 0 spiro atoms. The molecule has 0 amide bonds. The van der Waals surface area contributed by atoms with Gasteiger partial charge in [-0.05, 0) is 12.0 Å². The van der Waals surface area contributed by atoms with E-state index in [1.165, 1.54) is 77.0 Å². The number of benzene rings is 1. The molecule has 3 nitrogen and oxygen atoms in total. The Bertz CT molecular complexity index is 546. The molecule has 0 aliphatic carbocycles. The van der Waals surface area contributed by atoms with Crippen molar-refractivity contribution in [2.45, 2.75) is 103 Å². The molecule has 0 saturated heterocycles. The molecule has 0 unspecified atom stereocenters. The zero-order chi connectivity index (χ0) is 19.6. The van der Waals surface area contributed by atoms with Gasteiger partial charge in [-0.1, -0.05) is 121 Å². The Kier molecular flexibility index (Phi) is 18.4. The number of hydrogen-bond acceptors (Lipinski definition) is 3. The maximum Gasteiger partial charge on any atom is 0.271 e. The van der Waals surface area contributed by atoms with Gasteiger partial charge in [0.05, 0.1) is 6.61 Å². The monoisotopic (exact) mass is 454 g/mol. The SMILES string of the molecule is CCCCCCCCCCCCCCCCOS(=O)(=O)Cc1ccccc1.[Ni]. The molecule has 0 aromatic heterocycles. The third kappa shape index (κ3) is 16.6. The van der Waals surface area contributed by atoms with Crippen LogP contribution < -0.4 is 0 Å². The van der Waals surface area contributed by atoms with Crippen LogP contribution in [0.4, 0.5) is 0 Å². The van der Waals surface area contributed by atoms with E-state index in [-0.39, 0.29) is 22.2 Å². The van der Waals surface area contributed by atoms with Crippen molar-refractivity contribution >= 4 is 10.1 Å². The fourth-order valence-corrected chi connectivity index (χ4v) is 4.36. The van der Waals surface area contributed by atoms with Crippen molar-refractivity contribution in [3.63, 3.8) is 0 Å². The topological polar surface area (TPSA) is 43.4 Å². The molecule has 0 aliphatic rings. The van der Waals surface area contributed by atoms with Crippen LogP contribution in [0.25, 0.3) is 0 Å². The van der Waals surface area contributed by atoms with E-state index in [4.69, 9.17) is 4.18 Å². The van der Waals surface area contributed by atoms with Crippen LogP contribution >= 0.6 is 0 Å². The minimum absolute atomic E-state index is 0. The Morgan fingerprint density at radius 2 is 1.11 bits per heavy atom. The summed E-state index contributed by atoms with van der Waals surface area (Å²) in [7, 11) is -3.45. The first-order chi connectivity index (χ1) is 13.1. The van der Waals surface area contributed by atoms with Gasteiger partial charge >= 0.3 is 0 Å². The molecule has 0 heterocycles. The van der Waals surface area contributed by atoms with E-state index in [9.17, 15) is 8.42 Å². The largest absolute Gasteiger partial charge is 0.271 e. The van der Waals surface area contributed by atoms with Crippen molar-refractivity contribution in [2.24, 2.45) is 0 Å². The summed E-state index contributed by atoms with van der Waals surface area (Å²) >= 11 is 0. The number of rotatable bonds is 18. The van der Waals surface area contributed by atoms with Crippen LogP contribution in [0.3, 0.4) is 0 Å². The molecule has 1 aromatic carbocycles.